The van der Waals surface area contributed by atoms with Gasteiger partial charge in [0.15, 0.2) is 0 Å². The van der Waals surface area contributed by atoms with Crippen LogP contribution in [-0.4, -0.2) is 35.3 Å². The lowest BCUT2D eigenvalue weighted by atomic mass is 10.00. The maximum atomic E-state index is 12.1. The maximum absolute atomic E-state index is 12.1. The van der Waals surface area contributed by atoms with Crippen molar-refractivity contribution in [2.24, 2.45) is 5.92 Å². The van der Waals surface area contributed by atoms with Crippen LogP contribution < -0.4 is 10.6 Å². The van der Waals surface area contributed by atoms with Gasteiger partial charge in [0.1, 0.15) is 0 Å². The zero-order valence-corrected chi connectivity index (χ0v) is 13.5. The van der Waals surface area contributed by atoms with Crippen LogP contribution in [0.15, 0.2) is 0 Å². The van der Waals surface area contributed by atoms with Gasteiger partial charge in [-0.25, -0.2) is 0 Å². The second-order valence-corrected chi connectivity index (χ2v) is 6.04. The first-order valence-corrected chi connectivity index (χ1v) is 8.08. The molecule has 0 aromatic carbocycles. The van der Waals surface area contributed by atoms with Gasteiger partial charge in [0.25, 0.3) is 0 Å². The average Bonchev–Trinajstić information content (AvgIpc) is 2.71. The third-order valence-corrected chi connectivity index (χ3v) is 4.54. The lowest BCUT2D eigenvalue weighted by Crippen LogP contribution is -2.32. The molecule has 2 rings (SSSR count). The topological polar surface area (TPSA) is 59.0 Å². The number of aromatic nitrogens is 2. The predicted molar refractivity (Wildman–Crippen MR) is 84.3 cm³/mol. The molecule has 5 nitrogen and oxygen atoms in total. The summed E-state index contributed by atoms with van der Waals surface area (Å²) in [5, 5.41) is 11.0. The molecule has 2 heterocycles. The minimum absolute atomic E-state index is 0.191. The molecule has 1 saturated heterocycles. The van der Waals surface area contributed by atoms with Gasteiger partial charge in [-0.2, -0.15) is 5.10 Å². The Morgan fingerprint density at radius 2 is 2.14 bits per heavy atom. The van der Waals surface area contributed by atoms with E-state index in [1.807, 2.05) is 11.6 Å². The van der Waals surface area contributed by atoms with Crippen LogP contribution >= 0.6 is 0 Å². The van der Waals surface area contributed by atoms with Gasteiger partial charge in [-0.05, 0) is 65.1 Å². The van der Waals surface area contributed by atoms with Gasteiger partial charge in [0.2, 0.25) is 5.91 Å². The molecule has 1 fully saturated rings. The fourth-order valence-electron chi connectivity index (χ4n) is 2.87. The minimum Gasteiger partial charge on any atom is -0.356 e. The Morgan fingerprint density at radius 1 is 1.33 bits per heavy atom. The van der Waals surface area contributed by atoms with E-state index < -0.39 is 0 Å². The number of amides is 1. The van der Waals surface area contributed by atoms with Crippen molar-refractivity contribution in [2.45, 2.75) is 53.0 Å². The number of carbonyl (C=O) groups excluding carboxylic acids is 1. The monoisotopic (exact) mass is 292 g/mol. The summed E-state index contributed by atoms with van der Waals surface area (Å²) in [7, 11) is 0. The molecule has 0 spiro atoms. The van der Waals surface area contributed by atoms with Gasteiger partial charge in [-0.1, -0.05) is 0 Å². The molecule has 0 aliphatic carbocycles. The number of carbonyl (C=O) groups is 1. The van der Waals surface area contributed by atoms with Crippen molar-refractivity contribution < 1.29 is 4.79 Å². The molecule has 1 aliphatic rings. The lowest BCUT2D eigenvalue weighted by Gasteiger charge is -2.14. The van der Waals surface area contributed by atoms with Crippen LogP contribution in [0.4, 0.5) is 0 Å². The van der Waals surface area contributed by atoms with Gasteiger partial charge in [0, 0.05) is 24.7 Å². The Hall–Kier alpha value is -1.36. The van der Waals surface area contributed by atoms with Crippen LogP contribution in [0.3, 0.4) is 0 Å². The Labute approximate surface area is 127 Å². The molecule has 1 aromatic rings. The Balaban J connectivity index is 1.71. The summed E-state index contributed by atoms with van der Waals surface area (Å²) in [4.78, 5) is 12.1. The predicted octanol–water partition coefficient (Wildman–Crippen LogP) is 1.70. The summed E-state index contributed by atoms with van der Waals surface area (Å²) >= 11 is 0. The quantitative estimate of drug-likeness (QED) is 0.812. The Bertz CT molecular complexity index is 473. The van der Waals surface area contributed by atoms with Crippen LogP contribution in [0.1, 0.15) is 42.6 Å². The molecule has 2 N–H and O–H groups in total. The standard InChI is InChI=1S/C16H28N4O/c1-12-13(2)19-20(14(12)3)11-5-9-18-16(21)15-6-4-8-17-10-7-15/h15,17H,4-11H2,1-3H3,(H,18,21)/t15-/m0/s1. The van der Waals surface area contributed by atoms with E-state index in [2.05, 4.69) is 29.6 Å². The van der Waals surface area contributed by atoms with Crippen LogP contribution in [0.2, 0.25) is 0 Å². The summed E-state index contributed by atoms with van der Waals surface area (Å²) < 4.78 is 2.05. The molecule has 1 amide bonds. The van der Waals surface area contributed by atoms with Crippen molar-refractivity contribution in [1.29, 1.82) is 0 Å². The second-order valence-electron chi connectivity index (χ2n) is 6.04. The highest BCUT2D eigenvalue weighted by Crippen LogP contribution is 2.14. The first-order chi connectivity index (χ1) is 10.1. The summed E-state index contributed by atoms with van der Waals surface area (Å²) in [5.41, 5.74) is 3.60. The highest BCUT2D eigenvalue weighted by atomic mass is 16.1. The summed E-state index contributed by atoms with van der Waals surface area (Å²) in [6.45, 7) is 9.86. The highest BCUT2D eigenvalue weighted by molar-refractivity contribution is 5.78. The van der Waals surface area contributed by atoms with Crippen LogP contribution in [0.25, 0.3) is 0 Å². The third kappa shape index (κ3) is 4.30. The fraction of sp³-hybridized carbons (Fsp3) is 0.750. The van der Waals surface area contributed by atoms with Crippen molar-refractivity contribution in [3.05, 3.63) is 17.0 Å². The number of hydrogen-bond donors (Lipinski definition) is 2. The number of hydrogen-bond acceptors (Lipinski definition) is 3. The van der Waals surface area contributed by atoms with Gasteiger partial charge >= 0.3 is 0 Å². The molecule has 118 valence electrons. The molecular weight excluding hydrogens is 264 g/mol. The molecule has 0 bridgehead atoms. The van der Waals surface area contributed by atoms with E-state index in [0.717, 1.165) is 57.6 Å². The van der Waals surface area contributed by atoms with Gasteiger partial charge in [0.05, 0.1) is 5.69 Å². The normalized spacial score (nSPS) is 19.3. The molecule has 0 saturated carbocycles. The van der Waals surface area contributed by atoms with E-state index in [4.69, 9.17) is 0 Å². The van der Waals surface area contributed by atoms with Gasteiger partial charge < -0.3 is 10.6 Å². The molecule has 21 heavy (non-hydrogen) atoms. The van der Waals surface area contributed by atoms with Crippen LogP contribution in [-0.2, 0) is 11.3 Å². The minimum atomic E-state index is 0.191. The first kappa shape index (κ1) is 16.0. The van der Waals surface area contributed by atoms with Crippen LogP contribution in [0, 0.1) is 26.7 Å². The fourth-order valence-corrected chi connectivity index (χ4v) is 2.87. The van der Waals surface area contributed by atoms with E-state index in [1.165, 1.54) is 11.3 Å². The maximum Gasteiger partial charge on any atom is 0.223 e. The van der Waals surface area contributed by atoms with E-state index in [-0.39, 0.29) is 11.8 Å². The van der Waals surface area contributed by atoms with Crippen molar-refractivity contribution in [1.82, 2.24) is 20.4 Å². The van der Waals surface area contributed by atoms with Crippen molar-refractivity contribution in [2.75, 3.05) is 19.6 Å². The zero-order chi connectivity index (χ0) is 15.2. The molecule has 1 aromatic heterocycles. The summed E-state index contributed by atoms with van der Waals surface area (Å²) in [6.07, 6.45) is 4.00. The second kappa shape index (κ2) is 7.59. The Morgan fingerprint density at radius 3 is 2.86 bits per heavy atom. The van der Waals surface area contributed by atoms with Crippen LogP contribution in [0.5, 0.6) is 0 Å². The number of rotatable bonds is 5. The van der Waals surface area contributed by atoms with Crippen molar-refractivity contribution in [3.63, 3.8) is 0 Å². The van der Waals surface area contributed by atoms with Gasteiger partial charge in [-0.3, -0.25) is 9.48 Å². The number of nitrogens with one attached hydrogen (secondary N) is 2. The summed E-state index contributed by atoms with van der Waals surface area (Å²) in [6, 6.07) is 0. The molecule has 0 unspecified atom stereocenters. The molecule has 1 atom stereocenters. The highest BCUT2D eigenvalue weighted by Gasteiger charge is 2.19. The third-order valence-electron chi connectivity index (χ3n) is 4.54. The van der Waals surface area contributed by atoms with E-state index in [1.54, 1.807) is 0 Å². The zero-order valence-electron chi connectivity index (χ0n) is 13.5. The van der Waals surface area contributed by atoms with E-state index in [9.17, 15) is 4.79 Å². The number of nitrogens with zero attached hydrogens (tertiary/aromatic N) is 2. The average molecular weight is 292 g/mol. The lowest BCUT2D eigenvalue weighted by molar-refractivity contribution is -0.125. The van der Waals surface area contributed by atoms with E-state index in [0.29, 0.717) is 0 Å². The molecule has 0 radical (unpaired) electrons. The molecular formula is C16H28N4O. The SMILES string of the molecule is Cc1nn(CCCNC(=O)[C@H]2CCCNCC2)c(C)c1C. The molecule has 5 heteroatoms. The van der Waals surface area contributed by atoms with Gasteiger partial charge in [-0.15, -0.1) is 0 Å². The Kier molecular flexibility index (Phi) is 5.79. The van der Waals surface area contributed by atoms with Crippen molar-refractivity contribution in [3.8, 4) is 0 Å². The summed E-state index contributed by atoms with van der Waals surface area (Å²) in [5.74, 6) is 0.416. The largest absolute Gasteiger partial charge is 0.356 e. The van der Waals surface area contributed by atoms with Crippen molar-refractivity contribution >= 4 is 5.91 Å². The molecule has 1 aliphatic heterocycles. The first-order valence-electron chi connectivity index (χ1n) is 8.08. The number of aryl methyl sites for hydroxylation is 2. The smallest absolute Gasteiger partial charge is 0.223 e. The van der Waals surface area contributed by atoms with E-state index >= 15 is 0 Å².